The van der Waals surface area contributed by atoms with E-state index in [4.69, 9.17) is 5.73 Å². The van der Waals surface area contributed by atoms with Gasteiger partial charge in [-0.05, 0) is 46.5 Å². The van der Waals surface area contributed by atoms with Crippen molar-refractivity contribution in [3.05, 3.63) is 137 Å². The van der Waals surface area contributed by atoms with Crippen molar-refractivity contribution in [3.63, 3.8) is 0 Å². The Bertz CT molecular complexity index is 1430. The van der Waals surface area contributed by atoms with Crippen LogP contribution in [0.15, 0.2) is 109 Å². The number of nitrogens with two attached hydrogens (primary N) is 1. The minimum absolute atomic E-state index is 0.0975. The zero-order valence-electron chi connectivity index (χ0n) is 22.6. The van der Waals surface area contributed by atoms with Crippen LogP contribution in [-0.2, 0) is 35.5 Å². The maximum atomic E-state index is 13.7. The van der Waals surface area contributed by atoms with Gasteiger partial charge < -0.3 is 26.8 Å². The van der Waals surface area contributed by atoms with Crippen LogP contribution in [-0.4, -0.2) is 34.9 Å². The molecule has 0 heterocycles. The minimum atomic E-state index is -0.970. The van der Waals surface area contributed by atoms with Crippen molar-refractivity contribution in [2.45, 2.75) is 38.0 Å². The third-order valence-corrected chi connectivity index (χ3v) is 6.68. The molecule has 0 spiro atoms. The number of aromatic hydroxyl groups is 1. The van der Waals surface area contributed by atoms with Crippen molar-refractivity contribution < 1.29 is 19.5 Å². The van der Waals surface area contributed by atoms with Gasteiger partial charge in [0.1, 0.15) is 17.8 Å². The zero-order chi connectivity index (χ0) is 29.0. The molecule has 0 bridgehead atoms. The molecule has 0 aromatic heterocycles. The normalized spacial score (nSPS) is 12.1. The average Bonchev–Trinajstić information content (AvgIpc) is 3.01. The standard InChI is InChI=1S/C33H34N4O4/c34-21-25-11-13-26(14-12-25)22-35-32(40)29(19-23-7-3-1-4-8-23)37-33(41)30(20-24-15-17-28(38)18-16-24)36-31(39)27-9-5-2-6-10-27/h1-18,29-30,38H,19-22,34H2,(H,35,40)(H,36,39)(H,37,41)/t29-,30+/m0/s1. The fraction of sp³-hybridized carbons (Fsp3) is 0.182. The molecule has 0 saturated heterocycles. The highest BCUT2D eigenvalue weighted by molar-refractivity contribution is 5.98. The molecule has 3 amide bonds. The molecule has 0 aliphatic carbocycles. The number of carbonyl (C=O) groups excluding carboxylic acids is 3. The Morgan fingerprint density at radius 2 is 1.12 bits per heavy atom. The molecule has 41 heavy (non-hydrogen) atoms. The number of rotatable bonds is 12. The molecule has 0 unspecified atom stereocenters. The van der Waals surface area contributed by atoms with Crippen LogP contribution in [0, 0.1) is 0 Å². The molecule has 8 nitrogen and oxygen atoms in total. The van der Waals surface area contributed by atoms with E-state index in [1.807, 2.05) is 54.6 Å². The molecule has 8 heteroatoms. The molecule has 0 aliphatic rings. The largest absolute Gasteiger partial charge is 0.508 e. The lowest BCUT2D eigenvalue weighted by molar-refractivity contribution is -0.130. The summed E-state index contributed by atoms with van der Waals surface area (Å²) in [6, 6.07) is 30.2. The van der Waals surface area contributed by atoms with Gasteiger partial charge in [-0.3, -0.25) is 14.4 Å². The third-order valence-electron chi connectivity index (χ3n) is 6.68. The number of benzene rings is 4. The van der Waals surface area contributed by atoms with Gasteiger partial charge in [0, 0.05) is 31.5 Å². The van der Waals surface area contributed by atoms with Gasteiger partial charge >= 0.3 is 0 Å². The summed E-state index contributed by atoms with van der Waals surface area (Å²) in [5.74, 6) is -1.15. The number of amides is 3. The predicted molar refractivity (Wildman–Crippen MR) is 158 cm³/mol. The number of hydrogen-bond acceptors (Lipinski definition) is 5. The van der Waals surface area contributed by atoms with E-state index in [0.29, 0.717) is 12.1 Å². The molecular formula is C33H34N4O4. The first-order chi connectivity index (χ1) is 19.9. The fourth-order valence-electron chi connectivity index (χ4n) is 4.35. The summed E-state index contributed by atoms with van der Waals surface area (Å²) in [5, 5.41) is 18.3. The summed E-state index contributed by atoms with van der Waals surface area (Å²) in [4.78, 5) is 40.0. The van der Waals surface area contributed by atoms with Crippen LogP contribution in [0.1, 0.15) is 32.6 Å². The quantitative estimate of drug-likeness (QED) is 0.185. The molecule has 4 aromatic rings. The first kappa shape index (κ1) is 29.0. The molecule has 2 atom stereocenters. The van der Waals surface area contributed by atoms with Gasteiger partial charge in [-0.1, -0.05) is 84.9 Å². The van der Waals surface area contributed by atoms with Crippen LogP contribution >= 0.6 is 0 Å². The summed E-state index contributed by atoms with van der Waals surface area (Å²) < 4.78 is 0. The third kappa shape index (κ3) is 8.78. The van der Waals surface area contributed by atoms with E-state index >= 15 is 0 Å². The van der Waals surface area contributed by atoms with Gasteiger partial charge in [0.25, 0.3) is 5.91 Å². The van der Waals surface area contributed by atoms with E-state index in [2.05, 4.69) is 16.0 Å². The molecule has 0 radical (unpaired) electrons. The Balaban J connectivity index is 1.52. The van der Waals surface area contributed by atoms with Crippen LogP contribution in [0.3, 0.4) is 0 Å². The Labute approximate surface area is 239 Å². The molecule has 4 rings (SSSR count). The Morgan fingerprint density at radius 3 is 1.73 bits per heavy atom. The summed E-state index contributed by atoms with van der Waals surface area (Å²) in [5.41, 5.74) is 9.60. The smallest absolute Gasteiger partial charge is 0.251 e. The van der Waals surface area contributed by atoms with Crippen LogP contribution < -0.4 is 21.7 Å². The number of hydrogen-bond donors (Lipinski definition) is 5. The van der Waals surface area contributed by atoms with Crippen molar-refractivity contribution in [1.82, 2.24) is 16.0 Å². The monoisotopic (exact) mass is 550 g/mol. The van der Waals surface area contributed by atoms with Crippen molar-refractivity contribution in [2.24, 2.45) is 5.73 Å². The van der Waals surface area contributed by atoms with E-state index in [-0.39, 0.29) is 31.0 Å². The van der Waals surface area contributed by atoms with Crippen molar-refractivity contribution in [3.8, 4) is 5.75 Å². The van der Waals surface area contributed by atoms with Crippen LogP contribution in [0.5, 0.6) is 5.75 Å². The second-order valence-electron chi connectivity index (χ2n) is 9.75. The first-order valence-corrected chi connectivity index (χ1v) is 13.4. The number of phenols is 1. The Kier molecular flexibility index (Phi) is 10.2. The summed E-state index contributed by atoms with van der Waals surface area (Å²) in [6.07, 6.45) is 0.431. The first-order valence-electron chi connectivity index (χ1n) is 13.4. The van der Waals surface area contributed by atoms with Gasteiger partial charge in [0.2, 0.25) is 11.8 Å². The van der Waals surface area contributed by atoms with Gasteiger partial charge in [-0.25, -0.2) is 0 Å². The van der Waals surface area contributed by atoms with E-state index in [0.717, 1.165) is 22.3 Å². The SMILES string of the molecule is NCc1ccc(CNC(=O)[C@H](Cc2ccccc2)NC(=O)[C@@H](Cc2ccc(O)cc2)NC(=O)c2ccccc2)cc1. The fourth-order valence-corrected chi connectivity index (χ4v) is 4.35. The maximum Gasteiger partial charge on any atom is 0.251 e. The molecule has 0 saturated carbocycles. The summed E-state index contributed by atoms with van der Waals surface area (Å²) in [7, 11) is 0. The molecule has 210 valence electrons. The van der Waals surface area contributed by atoms with E-state index < -0.39 is 23.9 Å². The lowest BCUT2D eigenvalue weighted by atomic mass is 10.0. The highest BCUT2D eigenvalue weighted by Gasteiger charge is 2.27. The average molecular weight is 551 g/mol. The van der Waals surface area contributed by atoms with Gasteiger partial charge in [-0.15, -0.1) is 0 Å². The molecule has 0 aliphatic heterocycles. The molecule has 6 N–H and O–H groups in total. The van der Waals surface area contributed by atoms with Crippen LogP contribution in [0.25, 0.3) is 0 Å². The lowest BCUT2D eigenvalue weighted by Gasteiger charge is -2.24. The zero-order valence-corrected chi connectivity index (χ0v) is 22.6. The molecular weight excluding hydrogens is 516 g/mol. The highest BCUT2D eigenvalue weighted by atomic mass is 16.3. The predicted octanol–water partition coefficient (Wildman–Crippen LogP) is 3.24. The molecule has 4 aromatic carbocycles. The van der Waals surface area contributed by atoms with Crippen LogP contribution in [0.2, 0.25) is 0 Å². The van der Waals surface area contributed by atoms with E-state index in [9.17, 15) is 19.5 Å². The minimum Gasteiger partial charge on any atom is -0.508 e. The number of nitrogens with one attached hydrogen (secondary N) is 3. The van der Waals surface area contributed by atoms with Crippen LogP contribution in [0.4, 0.5) is 0 Å². The Morgan fingerprint density at radius 1 is 0.610 bits per heavy atom. The Hall–Kier alpha value is -4.95. The van der Waals surface area contributed by atoms with Crippen molar-refractivity contribution >= 4 is 17.7 Å². The van der Waals surface area contributed by atoms with Gasteiger partial charge in [0.05, 0.1) is 0 Å². The topological polar surface area (TPSA) is 134 Å². The summed E-state index contributed by atoms with van der Waals surface area (Å²) >= 11 is 0. The maximum absolute atomic E-state index is 13.7. The second kappa shape index (κ2) is 14.4. The van der Waals surface area contributed by atoms with E-state index in [1.165, 1.54) is 12.1 Å². The van der Waals surface area contributed by atoms with Gasteiger partial charge in [0.15, 0.2) is 0 Å². The lowest BCUT2D eigenvalue weighted by Crippen LogP contribution is -2.55. The van der Waals surface area contributed by atoms with E-state index in [1.54, 1.807) is 42.5 Å². The van der Waals surface area contributed by atoms with Gasteiger partial charge in [-0.2, -0.15) is 0 Å². The van der Waals surface area contributed by atoms with Crippen molar-refractivity contribution in [1.29, 1.82) is 0 Å². The second-order valence-corrected chi connectivity index (χ2v) is 9.75. The summed E-state index contributed by atoms with van der Waals surface area (Å²) in [6.45, 7) is 0.719. The number of phenolic OH excluding ortho intramolecular Hbond substituents is 1. The number of carbonyl (C=O) groups is 3. The molecule has 0 fully saturated rings. The highest BCUT2D eigenvalue weighted by Crippen LogP contribution is 2.13. The van der Waals surface area contributed by atoms with Crippen molar-refractivity contribution in [2.75, 3.05) is 0 Å².